The normalized spacial score (nSPS) is 21.1. The molecule has 8 heteroatoms. The van der Waals surface area contributed by atoms with Crippen LogP contribution < -0.4 is 4.90 Å². The number of benzene rings is 2. The third-order valence-corrected chi connectivity index (χ3v) is 7.37. The Hall–Kier alpha value is -2.74. The van der Waals surface area contributed by atoms with E-state index in [1.54, 1.807) is 6.07 Å². The summed E-state index contributed by atoms with van der Waals surface area (Å²) in [6.07, 6.45) is 0.318. The van der Waals surface area contributed by atoms with Crippen molar-refractivity contribution in [2.45, 2.75) is 57.7 Å². The van der Waals surface area contributed by atoms with Crippen LogP contribution in [0.1, 0.15) is 51.5 Å². The molecule has 1 N–H and O–H groups in total. The first kappa shape index (κ1) is 26.3. The second kappa shape index (κ2) is 11.1. The summed E-state index contributed by atoms with van der Waals surface area (Å²) in [6.45, 7) is 5.55. The minimum Gasteiger partial charge on any atom is -0.460 e. The molecule has 1 aliphatic heterocycles. The zero-order valence-corrected chi connectivity index (χ0v) is 22.3. The van der Waals surface area contributed by atoms with Gasteiger partial charge in [0.05, 0.1) is 30.7 Å². The smallest absolute Gasteiger partial charge is 0.307 e. The maximum atomic E-state index is 14.1. The number of anilines is 1. The number of halogens is 1. The molecule has 1 saturated heterocycles. The van der Waals surface area contributed by atoms with Crippen molar-refractivity contribution in [3.63, 3.8) is 0 Å². The molecule has 36 heavy (non-hydrogen) atoms. The van der Waals surface area contributed by atoms with Gasteiger partial charge in [-0.3, -0.25) is 14.5 Å². The third kappa shape index (κ3) is 6.33. The molecule has 4 rings (SSSR count). The van der Waals surface area contributed by atoms with E-state index in [1.165, 1.54) is 16.2 Å². The largest absolute Gasteiger partial charge is 0.460 e. The molecule has 1 amide bonds. The van der Waals surface area contributed by atoms with Gasteiger partial charge in [0.1, 0.15) is 5.60 Å². The maximum Gasteiger partial charge on any atom is 0.307 e. The lowest BCUT2D eigenvalue weighted by atomic mass is 9.78. The second-order valence-electron chi connectivity index (χ2n) is 10.1. The summed E-state index contributed by atoms with van der Waals surface area (Å²) in [5, 5.41) is 13.7. The fourth-order valence-electron chi connectivity index (χ4n) is 4.58. The zero-order chi connectivity index (χ0) is 25.9. The monoisotopic (exact) mass is 526 g/mol. The number of β-amino-alcohol motifs (C(OH)–C–C–N with tert-alkyl or cyclic N) is 1. The number of aromatic nitrogens is 1. The van der Waals surface area contributed by atoms with Crippen LogP contribution >= 0.6 is 22.9 Å². The SMILES string of the molecule is CC(C)(C)OC(=O)CC1C(=O)N(c2nc(-c3ccccc3Cl)cs2)CC(O)CCC1c1ccccc1. The van der Waals surface area contributed by atoms with Gasteiger partial charge in [-0.25, -0.2) is 4.98 Å². The molecule has 0 radical (unpaired) electrons. The minimum absolute atomic E-state index is 0.0506. The van der Waals surface area contributed by atoms with Crippen LogP contribution in [0.3, 0.4) is 0 Å². The Morgan fingerprint density at radius 2 is 1.83 bits per heavy atom. The van der Waals surface area contributed by atoms with Crippen LogP contribution in [-0.4, -0.2) is 40.2 Å². The van der Waals surface area contributed by atoms with Crippen molar-refractivity contribution in [3.05, 3.63) is 70.6 Å². The molecular weight excluding hydrogens is 496 g/mol. The predicted octanol–water partition coefficient (Wildman–Crippen LogP) is 6.08. The molecule has 0 saturated carbocycles. The van der Waals surface area contributed by atoms with Gasteiger partial charge in [0.25, 0.3) is 0 Å². The van der Waals surface area contributed by atoms with Crippen LogP contribution in [0.5, 0.6) is 0 Å². The standard InChI is InChI=1S/C28H31ClN2O4S/c1-28(2,3)35-25(33)15-22-20(18-9-5-4-6-10-18)14-13-19(32)16-31(26(22)34)27-30-24(17-36-27)21-11-7-8-12-23(21)29/h4-12,17,19-20,22,32H,13-16H2,1-3H3. The summed E-state index contributed by atoms with van der Waals surface area (Å²) in [5.74, 6) is -1.55. The number of esters is 1. The lowest BCUT2D eigenvalue weighted by molar-refractivity contribution is -0.157. The summed E-state index contributed by atoms with van der Waals surface area (Å²) in [5.41, 5.74) is 1.74. The summed E-state index contributed by atoms with van der Waals surface area (Å²) >= 11 is 7.68. The number of aliphatic hydroxyl groups is 1. The average Bonchev–Trinajstić information content (AvgIpc) is 3.30. The number of aliphatic hydroxyl groups excluding tert-OH is 1. The Bertz CT molecular complexity index is 1210. The fraction of sp³-hybridized carbons (Fsp3) is 0.393. The molecule has 3 unspecified atom stereocenters. The summed E-state index contributed by atoms with van der Waals surface area (Å²) in [6, 6.07) is 17.1. The molecule has 0 bridgehead atoms. The lowest BCUT2D eigenvalue weighted by Gasteiger charge is -2.35. The van der Waals surface area contributed by atoms with Crippen LogP contribution in [0.2, 0.25) is 5.02 Å². The number of nitrogens with zero attached hydrogens (tertiary/aromatic N) is 2. The van der Waals surface area contributed by atoms with Crippen LogP contribution in [0, 0.1) is 5.92 Å². The van der Waals surface area contributed by atoms with Gasteiger partial charge in [0, 0.05) is 16.0 Å². The average molecular weight is 527 g/mol. The molecule has 1 aromatic heterocycles. The first-order chi connectivity index (χ1) is 17.1. The van der Waals surface area contributed by atoms with Crippen molar-refractivity contribution in [1.82, 2.24) is 4.98 Å². The zero-order valence-electron chi connectivity index (χ0n) is 20.7. The van der Waals surface area contributed by atoms with E-state index in [2.05, 4.69) is 0 Å². The maximum absolute atomic E-state index is 14.1. The Labute approximate surface area is 220 Å². The van der Waals surface area contributed by atoms with E-state index in [-0.39, 0.29) is 24.8 Å². The Morgan fingerprint density at radius 3 is 2.53 bits per heavy atom. The number of hydrogen-bond acceptors (Lipinski definition) is 6. The Balaban J connectivity index is 1.71. The lowest BCUT2D eigenvalue weighted by Crippen LogP contribution is -2.46. The molecule has 3 aromatic rings. The van der Waals surface area contributed by atoms with Crippen molar-refractivity contribution >= 4 is 39.9 Å². The molecule has 0 aliphatic carbocycles. The van der Waals surface area contributed by atoms with Crippen molar-refractivity contribution in [2.24, 2.45) is 5.92 Å². The van der Waals surface area contributed by atoms with E-state index < -0.39 is 23.6 Å². The van der Waals surface area contributed by atoms with E-state index in [0.29, 0.717) is 28.7 Å². The van der Waals surface area contributed by atoms with Gasteiger partial charge in [0.15, 0.2) is 5.13 Å². The number of carbonyl (C=O) groups excluding carboxylic acids is 2. The van der Waals surface area contributed by atoms with Crippen LogP contribution in [0.25, 0.3) is 11.3 Å². The first-order valence-corrected chi connectivity index (χ1v) is 13.3. The van der Waals surface area contributed by atoms with Gasteiger partial charge < -0.3 is 9.84 Å². The number of thiazole rings is 1. The van der Waals surface area contributed by atoms with Gasteiger partial charge in [-0.1, -0.05) is 60.1 Å². The van der Waals surface area contributed by atoms with Crippen molar-refractivity contribution in [2.75, 3.05) is 11.4 Å². The number of rotatable bonds is 5. The van der Waals surface area contributed by atoms with E-state index >= 15 is 0 Å². The highest BCUT2D eigenvalue weighted by molar-refractivity contribution is 7.14. The van der Waals surface area contributed by atoms with Gasteiger partial charge in [-0.05, 0) is 51.2 Å². The molecule has 190 valence electrons. The molecule has 0 spiro atoms. The molecule has 2 aromatic carbocycles. The molecule has 6 nitrogen and oxygen atoms in total. The molecule has 2 heterocycles. The van der Waals surface area contributed by atoms with E-state index in [9.17, 15) is 14.7 Å². The van der Waals surface area contributed by atoms with Crippen molar-refractivity contribution in [1.29, 1.82) is 0 Å². The van der Waals surface area contributed by atoms with E-state index in [4.69, 9.17) is 21.3 Å². The molecule has 1 fully saturated rings. The Kier molecular flexibility index (Phi) is 8.13. The van der Waals surface area contributed by atoms with Crippen LogP contribution in [0.4, 0.5) is 5.13 Å². The van der Waals surface area contributed by atoms with E-state index in [0.717, 1.165) is 11.1 Å². The fourth-order valence-corrected chi connectivity index (χ4v) is 5.65. The van der Waals surface area contributed by atoms with Gasteiger partial charge >= 0.3 is 5.97 Å². The minimum atomic E-state index is -0.713. The van der Waals surface area contributed by atoms with Crippen LogP contribution in [-0.2, 0) is 14.3 Å². The van der Waals surface area contributed by atoms with E-state index in [1.807, 2.05) is 74.7 Å². The summed E-state index contributed by atoms with van der Waals surface area (Å²) < 4.78 is 5.60. The highest BCUT2D eigenvalue weighted by Gasteiger charge is 2.39. The molecule has 1 aliphatic rings. The number of amides is 1. The first-order valence-electron chi connectivity index (χ1n) is 12.1. The predicted molar refractivity (Wildman–Crippen MR) is 143 cm³/mol. The molecule has 3 atom stereocenters. The third-order valence-electron chi connectivity index (χ3n) is 6.18. The number of hydrogen-bond donors (Lipinski definition) is 1. The number of carbonyl (C=O) groups is 2. The molecular formula is C28H31ClN2O4S. The van der Waals surface area contributed by atoms with Crippen molar-refractivity contribution in [3.8, 4) is 11.3 Å². The Morgan fingerprint density at radius 1 is 1.14 bits per heavy atom. The highest BCUT2D eigenvalue weighted by atomic mass is 35.5. The summed E-state index contributed by atoms with van der Waals surface area (Å²) in [7, 11) is 0. The quantitative estimate of drug-likeness (QED) is 0.407. The number of ether oxygens (including phenoxy) is 1. The second-order valence-corrected chi connectivity index (χ2v) is 11.3. The van der Waals surface area contributed by atoms with Crippen molar-refractivity contribution < 1.29 is 19.4 Å². The van der Waals surface area contributed by atoms with Gasteiger partial charge in [-0.15, -0.1) is 11.3 Å². The van der Waals surface area contributed by atoms with Gasteiger partial charge in [-0.2, -0.15) is 0 Å². The van der Waals surface area contributed by atoms with Gasteiger partial charge in [0.2, 0.25) is 5.91 Å². The summed E-state index contributed by atoms with van der Waals surface area (Å²) in [4.78, 5) is 33.2. The highest BCUT2D eigenvalue weighted by Crippen LogP contribution is 2.39. The topological polar surface area (TPSA) is 79.7 Å². The van der Waals surface area contributed by atoms with Crippen LogP contribution in [0.15, 0.2) is 60.0 Å².